The van der Waals surface area contributed by atoms with Crippen LogP contribution in [-0.4, -0.2) is 15.8 Å². The monoisotopic (exact) mass is 518 g/mol. The molecule has 4 aromatic rings. The van der Waals surface area contributed by atoms with E-state index < -0.39 is 0 Å². The van der Waals surface area contributed by atoms with Crippen molar-refractivity contribution in [1.29, 1.82) is 0 Å². The second-order valence-electron chi connectivity index (χ2n) is 9.51. The zero-order chi connectivity index (χ0) is 24.3. The van der Waals surface area contributed by atoms with E-state index in [-0.39, 0.29) is 5.41 Å². The topological polar surface area (TPSA) is 44.1 Å². The first-order chi connectivity index (χ1) is 16.3. The maximum absolute atomic E-state index is 11.4. The molecule has 0 atom stereocenters. The van der Waals surface area contributed by atoms with Gasteiger partial charge in [-0.05, 0) is 60.7 Å². The summed E-state index contributed by atoms with van der Waals surface area (Å²) in [4.78, 5) is 16.1. The first kappa shape index (κ1) is 24.2. The molecular weight excluding hydrogens is 488 g/mol. The lowest BCUT2D eigenvalue weighted by molar-refractivity contribution is -0.114. The van der Waals surface area contributed by atoms with Crippen LogP contribution in [0.3, 0.4) is 0 Å². The lowest BCUT2D eigenvalue weighted by Crippen LogP contribution is -2.17. The zero-order valence-corrected chi connectivity index (χ0v) is 21.9. The van der Waals surface area contributed by atoms with Crippen molar-refractivity contribution >= 4 is 33.2 Å². The number of ether oxygens (including phenoxy) is 1. The maximum atomic E-state index is 11.4. The summed E-state index contributed by atoms with van der Waals surface area (Å²) in [5.74, 6) is 1.86. The molecule has 176 valence electrons. The molecule has 4 nitrogen and oxygen atoms in total. The third kappa shape index (κ3) is 5.41. The molecule has 0 unspecified atom stereocenters. The number of hydrogen-bond acceptors (Lipinski definition) is 3. The molecule has 0 aliphatic carbocycles. The van der Waals surface area contributed by atoms with Gasteiger partial charge in [-0.1, -0.05) is 73.1 Å². The molecule has 1 heterocycles. The molecule has 0 N–H and O–H groups in total. The summed E-state index contributed by atoms with van der Waals surface area (Å²) >= 11 is 3.54. The van der Waals surface area contributed by atoms with Crippen LogP contribution in [0.1, 0.15) is 48.8 Å². The third-order valence-corrected chi connectivity index (χ3v) is 6.71. The number of imidazole rings is 1. The van der Waals surface area contributed by atoms with E-state index in [0.717, 1.165) is 57.3 Å². The van der Waals surface area contributed by atoms with Gasteiger partial charge in [0.1, 0.15) is 24.5 Å². The number of nitrogens with zero attached hydrogens (tertiary/aromatic N) is 2. The number of carbonyl (C=O) groups excluding carboxylic acids is 1. The third-order valence-electron chi connectivity index (χ3n) is 6.21. The van der Waals surface area contributed by atoms with Crippen molar-refractivity contribution in [3.8, 4) is 5.75 Å². The van der Waals surface area contributed by atoms with E-state index in [4.69, 9.17) is 9.72 Å². The quantitative estimate of drug-likeness (QED) is 0.222. The Labute approximate surface area is 210 Å². The number of carbonyl (C=O) groups is 1. The number of aryl methyl sites for hydroxylation is 2. The van der Waals surface area contributed by atoms with Crippen LogP contribution in [0.2, 0.25) is 0 Å². The Morgan fingerprint density at radius 2 is 1.82 bits per heavy atom. The highest BCUT2D eigenvalue weighted by Gasteiger charge is 2.19. The van der Waals surface area contributed by atoms with Crippen LogP contribution >= 0.6 is 15.9 Å². The summed E-state index contributed by atoms with van der Waals surface area (Å²) in [6.07, 6.45) is 2.72. The van der Waals surface area contributed by atoms with Gasteiger partial charge in [0.2, 0.25) is 0 Å². The van der Waals surface area contributed by atoms with Crippen LogP contribution in [0.25, 0.3) is 11.0 Å². The number of rotatable bonds is 9. The van der Waals surface area contributed by atoms with Gasteiger partial charge in [0.15, 0.2) is 0 Å². The van der Waals surface area contributed by atoms with Crippen molar-refractivity contribution < 1.29 is 9.53 Å². The lowest BCUT2D eigenvalue weighted by Gasteiger charge is -2.20. The predicted octanol–water partition coefficient (Wildman–Crippen LogP) is 7.06. The average molecular weight is 519 g/mol. The molecule has 0 saturated carbocycles. The van der Waals surface area contributed by atoms with Gasteiger partial charge in [0.05, 0.1) is 17.6 Å². The Balaban J connectivity index is 1.54. The summed E-state index contributed by atoms with van der Waals surface area (Å²) in [5, 5.41) is 0. The summed E-state index contributed by atoms with van der Waals surface area (Å²) < 4.78 is 9.56. The van der Waals surface area contributed by atoms with Crippen LogP contribution in [0.4, 0.5) is 0 Å². The minimum Gasteiger partial charge on any atom is -0.489 e. The fourth-order valence-corrected chi connectivity index (χ4v) is 4.68. The second kappa shape index (κ2) is 10.1. The Bertz CT molecular complexity index is 1320. The molecule has 0 fully saturated rings. The minimum absolute atomic E-state index is 0.355. The van der Waals surface area contributed by atoms with Gasteiger partial charge in [0.25, 0.3) is 0 Å². The van der Waals surface area contributed by atoms with E-state index in [9.17, 15) is 4.79 Å². The molecule has 1 aromatic heterocycles. The van der Waals surface area contributed by atoms with Gasteiger partial charge in [-0.2, -0.15) is 0 Å². The van der Waals surface area contributed by atoms with Crippen molar-refractivity contribution in [1.82, 2.24) is 9.55 Å². The van der Waals surface area contributed by atoms with Gasteiger partial charge in [-0.25, -0.2) is 4.98 Å². The van der Waals surface area contributed by atoms with E-state index in [2.05, 4.69) is 57.8 Å². The Kier molecular flexibility index (Phi) is 7.22. The van der Waals surface area contributed by atoms with Crippen LogP contribution < -0.4 is 4.74 Å². The van der Waals surface area contributed by atoms with Crippen LogP contribution in [-0.2, 0) is 30.8 Å². The van der Waals surface area contributed by atoms with E-state index >= 15 is 0 Å². The number of benzene rings is 3. The first-order valence-electron chi connectivity index (χ1n) is 11.7. The summed E-state index contributed by atoms with van der Waals surface area (Å²) in [5.41, 5.74) is 6.49. The van der Waals surface area contributed by atoms with Crippen molar-refractivity contribution in [3.05, 3.63) is 93.2 Å². The average Bonchev–Trinajstić information content (AvgIpc) is 3.12. The van der Waals surface area contributed by atoms with E-state index in [1.165, 1.54) is 11.1 Å². The van der Waals surface area contributed by atoms with Gasteiger partial charge in [-0.3, -0.25) is 0 Å². The second-order valence-corrected chi connectivity index (χ2v) is 10.4. The highest BCUT2D eigenvalue weighted by molar-refractivity contribution is 9.10. The predicted molar refractivity (Wildman–Crippen MR) is 141 cm³/mol. The molecule has 0 bridgehead atoms. The Hall–Kier alpha value is -2.92. The molecule has 0 radical (unpaired) electrons. The molecule has 0 aliphatic rings. The number of para-hydroxylation sites is 1. The fraction of sp³-hybridized carbons (Fsp3) is 0.310. The van der Waals surface area contributed by atoms with Gasteiger partial charge in [0, 0.05) is 15.5 Å². The van der Waals surface area contributed by atoms with Gasteiger partial charge in [-0.15, -0.1) is 0 Å². The zero-order valence-electron chi connectivity index (χ0n) is 20.3. The highest BCUT2D eigenvalue weighted by atomic mass is 79.9. The molecule has 0 saturated heterocycles. The summed E-state index contributed by atoms with van der Waals surface area (Å²) in [7, 11) is 0. The standard InChI is InChI=1S/C29H31BrN2O2/c1-5-22-14-21(10-11-23(22)16-29(3,4)19-33)18-34-28-9-7-6-8-24(28)17-32-20(2)31-26-15-25(30)12-13-27(26)32/h6-15,19H,5,16-18H2,1-4H3. The van der Waals surface area contributed by atoms with Gasteiger partial charge >= 0.3 is 0 Å². The van der Waals surface area contributed by atoms with Crippen molar-refractivity contribution in [2.24, 2.45) is 5.41 Å². The number of fused-ring (bicyclic) bond motifs is 1. The molecule has 5 heteroatoms. The largest absolute Gasteiger partial charge is 0.489 e. The molecule has 0 aliphatic heterocycles. The number of hydrogen-bond donors (Lipinski definition) is 0. The van der Waals surface area contributed by atoms with Crippen molar-refractivity contribution in [3.63, 3.8) is 0 Å². The van der Waals surface area contributed by atoms with Crippen molar-refractivity contribution in [2.45, 2.75) is 53.7 Å². The first-order valence-corrected chi connectivity index (χ1v) is 12.5. The SMILES string of the molecule is CCc1cc(COc2ccccc2Cn2c(C)nc3cc(Br)ccc32)ccc1CC(C)(C)C=O. The van der Waals surface area contributed by atoms with E-state index in [0.29, 0.717) is 13.2 Å². The van der Waals surface area contributed by atoms with E-state index in [1.54, 1.807) is 0 Å². The van der Waals surface area contributed by atoms with Gasteiger partial charge < -0.3 is 14.1 Å². The molecule has 4 rings (SSSR count). The van der Waals surface area contributed by atoms with E-state index in [1.807, 2.05) is 51.1 Å². The molecule has 0 amide bonds. The summed E-state index contributed by atoms with van der Waals surface area (Å²) in [6, 6.07) is 20.9. The number of aromatic nitrogens is 2. The van der Waals surface area contributed by atoms with Crippen LogP contribution in [0, 0.1) is 12.3 Å². The highest BCUT2D eigenvalue weighted by Crippen LogP contribution is 2.27. The smallest absolute Gasteiger partial charge is 0.125 e. The minimum atomic E-state index is -0.355. The van der Waals surface area contributed by atoms with Crippen molar-refractivity contribution in [2.75, 3.05) is 0 Å². The molecular formula is C29H31BrN2O2. The lowest BCUT2D eigenvalue weighted by atomic mass is 9.85. The molecule has 0 spiro atoms. The Morgan fingerprint density at radius 1 is 1.03 bits per heavy atom. The number of halogens is 1. The van der Waals surface area contributed by atoms with Crippen LogP contribution in [0.15, 0.2) is 65.1 Å². The summed E-state index contributed by atoms with van der Waals surface area (Å²) in [6.45, 7) is 9.35. The normalized spacial score (nSPS) is 11.7. The number of aldehydes is 1. The fourth-order valence-electron chi connectivity index (χ4n) is 4.33. The van der Waals surface area contributed by atoms with Crippen LogP contribution in [0.5, 0.6) is 5.75 Å². The maximum Gasteiger partial charge on any atom is 0.125 e. The Morgan fingerprint density at radius 3 is 2.59 bits per heavy atom. The molecule has 34 heavy (non-hydrogen) atoms. The molecule has 3 aromatic carbocycles.